The summed E-state index contributed by atoms with van der Waals surface area (Å²) in [6, 6.07) is 4.45. The van der Waals surface area contributed by atoms with Gasteiger partial charge in [-0.1, -0.05) is 6.92 Å². The van der Waals surface area contributed by atoms with Crippen molar-refractivity contribution in [1.29, 1.82) is 0 Å². The summed E-state index contributed by atoms with van der Waals surface area (Å²) < 4.78 is 0. The highest BCUT2D eigenvalue weighted by atomic mass is 16.3. The van der Waals surface area contributed by atoms with Gasteiger partial charge in [-0.25, -0.2) is 0 Å². The molecule has 0 fully saturated rings. The van der Waals surface area contributed by atoms with Crippen molar-refractivity contribution in [1.82, 2.24) is 5.32 Å². The monoisotopic (exact) mass is 223 g/mol. The molecule has 0 saturated carbocycles. The van der Waals surface area contributed by atoms with Crippen molar-refractivity contribution in [3.8, 4) is 5.75 Å². The van der Waals surface area contributed by atoms with Crippen LogP contribution >= 0.6 is 0 Å². The van der Waals surface area contributed by atoms with E-state index in [1.54, 1.807) is 19.1 Å². The molecule has 0 aliphatic heterocycles. The lowest BCUT2D eigenvalue weighted by Crippen LogP contribution is -2.36. The number of rotatable bonds is 4. The number of hydrogen-bond acceptors (Lipinski definition) is 3. The minimum atomic E-state index is -0.232. The molecule has 4 heteroatoms. The van der Waals surface area contributed by atoms with Gasteiger partial charge in [0.05, 0.1) is 12.6 Å². The predicted molar refractivity (Wildman–Crippen MR) is 61.5 cm³/mol. The van der Waals surface area contributed by atoms with Crippen LogP contribution in [0.2, 0.25) is 0 Å². The first-order chi connectivity index (χ1) is 7.58. The summed E-state index contributed by atoms with van der Waals surface area (Å²) in [4.78, 5) is 11.7. The van der Waals surface area contributed by atoms with E-state index in [1.165, 1.54) is 6.07 Å². The van der Waals surface area contributed by atoms with Crippen molar-refractivity contribution in [2.75, 3.05) is 6.61 Å². The summed E-state index contributed by atoms with van der Waals surface area (Å²) in [7, 11) is 0. The quantitative estimate of drug-likeness (QED) is 0.718. The maximum atomic E-state index is 11.7. The summed E-state index contributed by atoms with van der Waals surface area (Å²) in [6.07, 6.45) is 0.680. The smallest absolute Gasteiger partial charge is 0.251 e. The highest BCUT2D eigenvalue weighted by Gasteiger charge is 2.11. The van der Waals surface area contributed by atoms with Gasteiger partial charge in [0.25, 0.3) is 5.91 Å². The van der Waals surface area contributed by atoms with Gasteiger partial charge in [-0.15, -0.1) is 0 Å². The van der Waals surface area contributed by atoms with E-state index in [0.29, 0.717) is 17.5 Å². The molecule has 0 unspecified atom stereocenters. The molecule has 0 radical (unpaired) electrons. The Morgan fingerprint density at radius 1 is 1.50 bits per heavy atom. The number of phenolic OH excluding ortho intramolecular Hbond substituents is 1. The maximum Gasteiger partial charge on any atom is 0.251 e. The number of amides is 1. The molecule has 1 rings (SSSR count). The number of aryl methyl sites for hydroxylation is 1. The van der Waals surface area contributed by atoms with Crippen molar-refractivity contribution in [3.63, 3.8) is 0 Å². The Hall–Kier alpha value is -1.55. The average Bonchev–Trinajstić information content (AvgIpc) is 2.29. The van der Waals surface area contributed by atoms with E-state index in [9.17, 15) is 9.90 Å². The van der Waals surface area contributed by atoms with Crippen LogP contribution in [-0.4, -0.2) is 28.8 Å². The number of benzene rings is 1. The molecule has 16 heavy (non-hydrogen) atoms. The molecule has 0 bridgehead atoms. The Morgan fingerprint density at radius 2 is 2.19 bits per heavy atom. The fourth-order valence-corrected chi connectivity index (χ4v) is 1.34. The molecule has 0 heterocycles. The zero-order chi connectivity index (χ0) is 12.1. The first-order valence-electron chi connectivity index (χ1n) is 5.29. The molecule has 0 aliphatic carbocycles. The van der Waals surface area contributed by atoms with E-state index in [0.717, 1.165) is 0 Å². The number of phenols is 1. The summed E-state index contributed by atoms with van der Waals surface area (Å²) in [5, 5.41) is 21.0. The Morgan fingerprint density at radius 3 is 2.69 bits per heavy atom. The molecular formula is C12H17NO3. The van der Waals surface area contributed by atoms with Gasteiger partial charge in [0, 0.05) is 5.56 Å². The number of aromatic hydroxyl groups is 1. The topological polar surface area (TPSA) is 69.6 Å². The third-order valence-corrected chi connectivity index (χ3v) is 2.51. The van der Waals surface area contributed by atoms with E-state index in [4.69, 9.17) is 5.11 Å². The number of aliphatic hydroxyl groups excluding tert-OH is 1. The predicted octanol–water partition coefficient (Wildman–Crippen LogP) is 1.20. The van der Waals surface area contributed by atoms with Gasteiger partial charge >= 0.3 is 0 Å². The molecule has 3 N–H and O–H groups in total. The fourth-order valence-electron chi connectivity index (χ4n) is 1.34. The number of carbonyl (C=O) groups is 1. The second-order valence-corrected chi connectivity index (χ2v) is 3.76. The lowest BCUT2D eigenvalue weighted by atomic mass is 10.1. The highest BCUT2D eigenvalue weighted by Crippen LogP contribution is 2.16. The molecule has 0 saturated heterocycles. The number of nitrogens with one attached hydrogen (secondary N) is 1. The Balaban J connectivity index is 2.76. The van der Waals surface area contributed by atoms with Gasteiger partial charge in [-0.05, 0) is 37.1 Å². The molecule has 0 aromatic heterocycles. The minimum Gasteiger partial charge on any atom is -0.508 e. The van der Waals surface area contributed by atoms with Gasteiger partial charge in [0.1, 0.15) is 5.75 Å². The molecular weight excluding hydrogens is 206 g/mol. The molecule has 88 valence electrons. The Kier molecular flexibility index (Phi) is 4.31. The summed E-state index contributed by atoms with van der Waals surface area (Å²) >= 11 is 0. The van der Waals surface area contributed by atoms with Crippen molar-refractivity contribution in [2.24, 2.45) is 0 Å². The van der Waals surface area contributed by atoms with Gasteiger partial charge in [0.2, 0.25) is 0 Å². The van der Waals surface area contributed by atoms with Crippen LogP contribution in [0.1, 0.15) is 29.3 Å². The number of hydrogen-bond donors (Lipinski definition) is 3. The van der Waals surface area contributed by atoms with Gasteiger partial charge in [0.15, 0.2) is 0 Å². The van der Waals surface area contributed by atoms with Crippen LogP contribution in [0.25, 0.3) is 0 Å². The summed E-state index contributed by atoms with van der Waals surface area (Å²) in [5.41, 5.74) is 1.15. The molecule has 1 aromatic rings. The molecule has 0 aliphatic rings. The van der Waals surface area contributed by atoms with Crippen LogP contribution < -0.4 is 5.32 Å². The number of aliphatic hydroxyl groups is 1. The van der Waals surface area contributed by atoms with Crippen LogP contribution in [0.3, 0.4) is 0 Å². The van der Waals surface area contributed by atoms with Crippen molar-refractivity contribution >= 4 is 5.91 Å². The zero-order valence-electron chi connectivity index (χ0n) is 9.53. The molecule has 4 nitrogen and oxygen atoms in total. The van der Waals surface area contributed by atoms with Gasteiger partial charge in [-0.2, -0.15) is 0 Å². The SMILES string of the molecule is CC[C@@H](CO)NC(=O)c1ccc(O)c(C)c1. The van der Waals surface area contributed by atoms with Gasteiger partial charge < -0.3 is 15.5 Å². The van der Waals surface area contributed by atoms with Crippen LogP contribution in [0, 0.1) is 6.92 Å². The molecule has 0 spiro atoms. The second kappa shape index (κ2) is 5.51. The fraction of sp³-hybridized carbons (Fsp3) is 0.417. The van der Waals surface area contributed by atoms with Crippen LogP contribution in [0.15, 0.2) is 18.2 Å². The lowest BCUT2D eigenvalue weighted by molar-refractivity contribution is 0.0915. The summed E-state index contributed by atoms with van der Waals surface area (Å²) in [5.74, 6) is -0.0604. The van der Waals surface area contributed by atoms with E-state index in [-0.39, 0.29) is 24.3 Å². The highest BCUT2D eigenvalue weighted by molar-refractivity contribution is 5.94. The van der Waals surface area contributed by atoms with E-state index in [1.807, 2.05) is 6.92 Å². The Bertz CT molecular complexity index is 373. The molecule has 1 atom stereocenters. The van der Waals surface area contributed by atoms with Gasteiger partial charge in [-0.3, -0.25) is 4.79 Å². The second-order valence-electron chi connectivity index (χ2n) is 3.76. The average molecular weight is 223 g/mol. The first-order valence-corrected chi connectivity index (χ1v) is 5.29. The Labute approximate surface area is 94.9 Å². The minimum absolute atomic E-state index is 0.0701. The zero-order valence-corrected chi connectivity index (χ0v) is 9.53. The normalized spacial score (nSPS) is 12.2. The van der Waals surface area contributed by atoms with Crippen molar-refractivity contribution in [3.05, 3.63) is 29.3 Å². The summed E-state index contributed by atoms with van der Waals surface area (Å²) in [6.45, 7) is 3.55. The van der Waals surface area contributed by atoms with E-state index >= 15 is 0 Å². The van der Waals surface area contributed by atoms with Crippen LogP contribution in [-0.2, 0) is 0 Å². The van der Waals surface area contributed by atoms with Crippen LogP contribution in [0.4, 0.5) is 0 Å². The van der Waals surface area contributed by atoms with Crippen molar-refractivity contribution in [2.45, 2.75) is 26.3 Å². The lowest BCUT2D eigenvalue weighted by Gasteiger charge is -2.14. The third-order valence-electron chi connectivity index (χ3n) is 2.51. The third kappa shape index (κ3) is 2.97. The molecule has 1 aromatic carbocycles. The van der Waals surface area contributed by atoms with Crippen LogP contribution in [0.5, 0.6) is 5.75 Å². The van der Waals surface area contributed by atoms with E-state index in [2.05, 4.69) is 5.32 Å². The number of carbonyl (C=O) groups excluding carboxylic acids is 1. The molecule has 1 amide bonds. The maximum absolute atomic E-state index is 11.7. The largest absolute Gasteiger partial charge is 0.508 e. The van der Waals surface area contributed by atoms with Crippen molar-refractivity contribution < 1.29 is 15.0 Å². The van der Waals surface area contributed by atoms with E-state index < -0.39 is 0 Å². The standard InChI is InChI=1S/C12H17NO3/c1-3-10(7-14)13-12(16)9-4-5-11(15)8(2)6-9/h4-6,10,14-15H,3,7H2,1-2H3,(H,13,16)/t10-/m0/s1. The first kappa shape index (κ1) is 12.5.